The van der Waals surface area contributed by atoms with E-state index in [2.05, 4.69) is 10.3 Å². The van der Waals surface area contributed by atoms with Crippen molar-refractivity contribution >= 4 is 17.4 Å². The summed E-state index contributed by atoms with van der Waals surface area (Å²) in [5.41, 5.74) is 1.44. The molecule has 6 rings (SSSR count). The molecule has 0 aromatic carbocycles. The van der Waals surface area contributed by atoms with Gasteiger partial charge in [0.1, 0.15) is 22.9 Å². The molecular weight excluding hydrogens is 406 g/mol. The molecule has 0 radical (unpaired) electrons. The summed E-state index contributed by atoms with van der Waals surface area (Å²) in [6.45, 7) is 4.39. The van der Waals surface area contributed by atoms with Crippen molar-refractivity contribution in [2.45, 2.75) is 50.7 Å². The molecule has 0 atom stereocenters. The maximum absolute atomic E-state index is 13.0. The smallest absolute Gasteiger partial charge is 0.280 e. The SMILES string of the molecule is CC(C)Oc1cc2nc(C34COC(C3)C4)cn2cc1C(=O)Nc1cccc(C(F)F)n1. The molecule has 5 heterocycles. The number of rotatable bonds is 6. The summed E-state index contributed by atoms with van der Waals surface area (Å²) in [6.07, 6.45) is 2.93. The van der Waals surface area contributed by atoms with Crippen molar-refractivity contribution < 1.29 is 23.0 Å². The van der Waals surface area contributed by atoms with E-state index in [0.29, 0.717) is 24.1 Å². The van der Waals surface area contributed by atoms with Gasteiger partial charge >= 0.3 is 0 Å². The predicted octanol–water partition coefficient (Wildman–Crippen LogP) is 4.14. The third-order valence-electron chi connectivity index (χ3n) is 5.77. The zero-order valence-corrected chi connectivity index (χ0v) is 17.1. The molecule has 3 aromatic rings. The van der Waals surface area contributed by atoms with Crippen molar-refractivity contribution in [3.63, 3.8) is 0 Å². The van der Waals surface area contributed by atoms with Crippen LogP contribution in [0.1, 0.15) is 54.9 Å². The third-order valence-corrected chi connectivity index (χ3v) is 5.77. The number of hydrogen-bond acceptors (Lipinski definition) is 5. The molecule has 3 aromatic heterocycles. The van der Waals surface area contributed by atoms with Crippen LogP contribution in [0.4, 0.5) is 14.6 Å². The molecule has 162 valence electrons. The first-order chi connectivity index (χ1) is 14.8. The van der Waals surface area contributed by atoms with Crippen molar-refractivity contribution in [3.8, 4) is 5.75 Å². The maximum Gasteiger partial charge on any atom is 0.280 e. The molecule has 2 aliphatic heterocycles. The molecule has 0 unspecified atom stereocenters. The molecule has 3 fully saturated rings. The minimum absolute atomic E-state index is 0.0438. The van der Waals surface area contributed by atoms with Crippen molar-refractivity contribution in [3.05, 3.63) is 53.6 Å². The number of halogens is 2. The number of hydrogen-bond donors (Lipinski definition) is 1. The number of nitrogens with zero attached hydrogens (tertiary/aromatic N) is 3. The number of aromatic nitrogens is 3. The zero-order valence-electron chi connectivity index (χ0n) is 17.1. The van der Waals surface area contributed by atoms with Crippen LogP contribution >= 0.6 is 0 Å². The van der Waals surface area contributed by atoms with E-state index in [1.54, 1.807) is 16.7 Å². The molecule has 1 amide bonds. The van der Waals surface area contributed by atoms with Gasteiger partial charge in [-0.3, -0.25) is 4.79 Å². The van der Waals surface area contributed by atoms with Gasteiger partial charge < -0.3 is 19.2 Å². The summed E-state index contributed by atoms with van der Waals surface area (Å²) in [4.78, 5) is 21.6. The Morgan fingerprint density at radius 2 is 2.10 bits per heavy atom. The largest absolute Gasteiger partial charge is 0.490 e. The molecule has 1 aliphatic carbocycles. The Morgan fingerprint density at radius 3 is 2.77 bits per heavy atom. The number of imidazole rings is 1. The average molecular weight is 428 g/mol. The van der Waals surface area contributed by atoms with Crippen LogP contribution in [0.3, 0.4) is 0 Å². The molecule has 9 heteroatoms. The topological polar surface area (TPSA) is 77.8 Å². The molecule has 7 nitrogen and oxygen atoms in total. The van der Waals surface area contributed by atoms with Gasteiger partial charge in [-0.05, 0) is 38.8 Å². The first-order valence-corrected chi connectivity index (χ1v) is 10.2. The molecule has 31 heavy (non-hydrogen) atoms. The van der Waals surface area contributed by atoms with Crippen molar-refractivity contribution in [1.82, 2.24) is 14.4 Å². The van der Waals surface area contributed by atoms with E-state index in [9.17, 15) is 13.6 Å². The number of anilines is 1. The Bertz CT molecular complexity index is 1150. The van der Waals surface area contributed by atoms with Gasteiger partial charge in [0.05, 0.1) is 30.1 Å². The molecule has 2 bridgehead atoms. The highest BCUT2D eigenvalue weighted by molar-refractivity contribution is 6.05. The lowest BCUT2D eigenvalue weighted by Crippen LogP contribution is -2.37. The van der Waals surface area contributed by atoms with Crippen LogP contribution in [-0.4, -0.2) is 39.1 Å². The highest BCUT2D eigenvalue weighted by Crippen LogP contribution is 2.51. The first kappa shape index (κ1) is 19.9. The monoisotopic (exact) mass is 428 g/mol. The van der Waals surface area contributed by atoms with Crippen LogP contribution in [-0.2, 0) is 10.2 Å². The van der Waals surface area contributed by atoms with E-state index in [1.165, 1.54) is 18.2 Å². The van der Waals surface area contributed by atoms with Gasteiger partial charge in [0.2, 0.25) is 0 Å². The van der Waals surface area contributed by atoms with E-state index in [4.69, 9.17) is 14.5 Å². The Balaban J connectivity index is 1.49. The summed E-state index contributed by atoms with van der Waals surface area (Å²) >= 11 is 0. The Kier molecular flexibility index (Phi) is 4.65. The second-order valence-electron chi connectivity index (χ2n) is 8.43. The van der Waals surface area contributed by atoms with Crippen LogP contribution in [0.15, 0.2) is 36.7 Å². The molecule has 3 aliphatic rings. The Morgan fingerprint density at radius 1 is 1.29 bits per heavy atom. The van der Waals surface area contributed by atoms with Crippen LogP contribution in [0.25, 0.3) is 5.65 Å². The number of alkyl halides is 2. The fourth-order valence-corrected chi connectivity index (χ4v) is 4.23. The predicted molar refractivity (Wildman–Crippen MR) is 109 cm³/mol. The Labute approximate surface area is 177 Å². The summed E-state index contributed by atoms with van der Waals surface area (Å²) in [6, 6.07) is 5.83. The van der Waals surface area contributed by atoms with E-state index in [0.717, 1.165) is 18.5 Å². The highest BCUT2D eigenvalue weighted by Gasteiger charge is 2.54. The highest BCUT2D eigenvalue weighted by atomic mass is 19.3. The van der Waals surface area contributed by atoms with Gasteiger partial charge in [0, 0.05) is 23.9 Å². The number of carbonyl (C=O) groups excluding carboxylic acids is 1. The lowest BCUT2D eigenvalue weighted by Gasteiger charge is -2.33. The second kappa shape index (κ2) is 7.26. The quantitative estimate of drug-likeness (QED) is 0.639. The summed E-state index contributed by atoms with van der Waals surface area (Å²) < 4.78 is 39.3. The van der Waals surface area contributed by atoms with Crippen molar-refractivity contribution in [1.29, 1.82) is 0 Å². The second-order valence-corrected chi connectivity index (χ2v) is 8.43. The summed E-state index contributed by atoms with van der Waals surface area (Å²) in [5, 5.41) is 2.59. The molecule has 1 N–H and O–H groups in total. The Hall–Kier alpha value is -3.07. The number of fused-ring (bicyclic) bond motifs is 2. The van der Waals surface area contributed by atoms with Crippen LogP contribution < -0.4 is 10.1 Å². The van der Waals surface area contributed by atoms with Gasteiger partial charge in [0.15, 0.2) is 0 Å². The van der Waals surface area contributed by atoms with Gasteiger partial charge in [0.25, 0.3) is 12.3 Å². The first-order valence-electron chi connectivity index (χ1n) is 10.2. The average Bonchev–Trinajstić information content (AvgIpc) is 3.40. The van der Waals surface area contributed by atoms with Crippen LogP contribution in [0, 0.1) is 0 Å². The van der Waals surface area contributed by atoms with E-state index in [-0.39, 0.29) is 22.9 Å². The normalized spacial score (nSPS) is 22.2. The number of carbonyl (C=O) groups is 1. The number of nitrogens with one attached hydrogen (secondary N) is 1. The van der Waals surface area contributed by atoms with E-state index < -0.39 is 18.0 Å². The molecule has 1 saturated carbocycles. The molecule has 0 spiro atoms. The standard InChI is InChI=1S/C22H22F2N4O3/c1-12(2)31-16-6-19-26-17(22-7-13(8-22)30-11-22)10-28(19)9-14(16)21(29)27-18-5-3-4-15(25-18)20(23)24/h3-6,9-10,12-13,20H,7-8,11H2,1-2H3,(H,25,27,29). The van der Waals surface area contributed by atoms with Crippen LogP contribution in [0.5, 0.6) is 5.75 Å². The van der Waals surface area contributed by atoms with E-state index >= 15 is 0 Å². The minimum Gasteiger partial charge on any atom is -0.490 e. The summed E-state index contributed by atoms with van der Waals surface area (Å²) in [5.74, 6) is -0.0844. The fourth-order valence-electron chi connectivity index (χ4n) is 4.23. The zero-order chi connectivity index (χ0) is 21.8. The maximum atomic E-state index is 13.0. The van der Waals surface area contributed by atoms with Crippen molar-refractivity contribution in [2.24, 2.45) is 0 Å². The van der Waals surface area contributed by atoms with Gasteiger partial charge in [-0.15, -0.1) is 0 Å². The molecule has 2 saturated heterocycles. The molecular formula is C22H22F2N4O3. The van der Waals surface area contributed by atoms with Crippen LogP contribution in [0.2, 0.25) is 0 Å². The number of amides is 1. The lowest BCUT2D eigenvalue weighted by molar-refractivity contribution is 0.101. The minimum atomic E-state index is -2.72. The van der Waals surface area contributed by atoms with Gasteiger partial charge in [-0.25, -0.2) is 18.7 Å². The van der Waals surface area contributed by atoms with Gasteiger partial charge in [-0.2, -0.15) is 0 Å². The number of pyridine rings is 2. The fraction of sp³-hybridized carbons (Fsp3) is 0.409. The van der Waals surface area contributed by atoms with E-state index in [1.807, 2.05) is 20.0 Å². The lowest BCUT2D eigenvalue weighted by atomic mass is 9.68. The van der Waals surface area contributed by atoms with Crippen molar-refractivity contribution in [2.75, 3.05) is 11.9 Å². The number of ether oxygens (including phenoxy) is 2. The summed E-state index contributed by atoms with van der Waals surface area (Å²) in [7, 11) is 0. The van der Waals surface area contributed by atoms with Gasteiger partial charge in [-0.1, -0.05) is 6.07 Å². The third kappa shape index (κ3) is 3.52.